The normalized spacial score (nSPS) is 10.2. The van der Waals surface area contributed by atoms with Gasteiger partial charge in [0.2, 0.25) is 0 Å². The zero-order valence-corrected chi connectivity index (χ0v) is 21.0. The van der Waals surface area contributed by atoms with Crippen LogP contribution >= 0.6 is 12.1 Å². The molecule has 0 aliphatic heterocycles. The van der Waals surface area contributed by atoms with Gasteiger partial charge in [-0.15, -0.1) is 0 Å². The van der Waals surface area contributed by atoms with E-state index in [2.05, 4.69) is 0 Å². The van der Waals surface area contributed by atoms with E-state index >= 15 is 0 Å². The Balaban J connectivity index is 1.29. The van der Waals surface area contributed by atoms with Crippen LogP contribution in [0.5, 0.6) is 34.5 Å². The molecule has 4 aromatic rings. The molecule has 8 nitrogen and oxygen atoms in total. The van der Waals surface area contributed by atoms with Gasteiger partial charge >= 0.3 is 12.2 Å². The maximum Gasteiger partial charge on any atom is 0.426 e. The SMILES string of the molecule is CN(SN(C)C(=O)Oc1cccc(Oc2ccccc2)c1)C(=O)Oc1cccc(Oc2ccccc2)c1. The number of rotatable bonds is 8. The maximum atomic E-state index is 12.6. The summed E-state index contributed by atoms with van der Waals surface area (Å²) in [4.78, 5) is 25.1. The van der Waals surface area contributed by atoms with Gasteiger partial charge in [-0.05, 0) is 48.5 Å². The molecular weight excluding hydrogens is 492 g/mol. The summed E-state index contributed by atoms with van der Waals surface area (Å²) >= 11 is 0.823. The molecule has 0 aliphatic rings. The number of ether oxygens (including phenoxy) is 4. The van der Waals surface area contributed by atoms with Crippen LogP contribution in [0.2, 0.25) is 0 Å². The summed E-state index contributed by atoms with van der Waals surface area (Å²) in [5.74, 6) is 2.96. The number of para-hydroxylation sites is 2. The van der Waals surface area contributed by atoms with Gasteiger partial charge in [0.25, 0.3) is 0 Å². The predicted octanol–water partition coefficient (Wildman–Crippen LogP) is 7.40. The molecule has 0 bridgehead atoms. The van der Waals surface area contributed by atoms with Crippen LogP contribution in [0.15, 0.2) is 109 Å². The van der Waals surface area contributed by atoms with E-state index in [-0.39, 0.29) is 0 Å². The smallest absolute Gasteiger partial charge is 0.426 e. The summed E-state index contributed by atoms with van der Waals surface area (Å²) in [6.07, 6.45) is -1.36. The standard InChI is InChI=1S/C28H24N2O6S/c1-29(27(31)35-25-17-9-15-23(19-25)33-21-11-5-3-6-12-21)37-30(2)28(32)36-26-18-10-16-24(20-26)34-22-13-7-4-8-14-22/h3-20H,1-2H3. The number of nitrogens with zero attached hydrogens (tertiary/aromatic N) is 2. The Morgan fingerprint density at radius 1 is 0.514 bits per heavy atom. The summed E-state index contributed by atoms with van der Waals surface area (Å²) in [7, 11) is 2.96. The lowest BCUT2D eigenvalue weighted by atomic mass is 10.3. The second kappa shape index (κ2) is 12.4. The highest BCUT2D eigenvalue weighted by Crippen LogP contribution is 2.27. The fourth-order valence-corrected chi connectivity index (χ4v) is 3.61. The lowest BCUT2D eigenvalue weighted by Crippen LogP contribution is -2.32. The molecule has 2 amide bonds. The Morgan fingerprint density at radius 2 is 0.865 bits per heavy atom. The minimum atomic E-state index is -0.681. The molecular formula is C28H24N2O6S. The molecule has 0 fully saturated rings. The van der Waals surface area contributed by atoms with Gasteiger partial charge in [0.1, 0.15) is 34.5 Å². The molecule has 9 heteroatoms. The van der Waals surface area contributed by atoms with Crippen molar-refractivity contribution < 1.29 is 28.5 Å². The Bertz CT molecular complexity index is 1230. The van der Waals surface area contributed by atoms with Gasteiger partial charge in [-0.1, -0.05) is 48.5 Å². The van der Waals surface area contributed by atoms with Crippen LogP contribution in [0.4, 0.5) is 9.59 Å². The van der Waals surface area contributed by atoms with Crippen molar-refractivity contribution in [2.75, 3.05) is 14.1 Å². The topological polar surface area (TPSA) is 77.5 Å². The molecule has 0 spiro atoms. The molecule has 0 unspecified atom stereocenters. The molecule has 4 rings (SSSR count). The van der Waals surface area contributed by atoms with Crippen molar-refractivity contribution in [2.45, 2.75) is 0 Å². The van der Waals surface area contributed by atoms with Gasteiger partial charge in [-0.2, -0.15) is 0 Å². The van der Waals surface area contributed by atoms with Crippen LogP contribution in [-0.4, -0.2) is 34.9 Å². The largest absolute Gasteiger partial charge is 0.457 e. The average molecular weight is 517 g/mol. The Kier molecular flexibility index (Phi) is 8.51. The fourth-order valence-electron chi connectivity index (χ4n) is 3.03. The molecule has 0 aromatic heterocycles. The molecule has 0 radical (unpaired) electrons. The van der Waals surface area contributed by atoms with Crippen molar-refractivity contribution in [1.82, 2.24) is 8.61 Å². The maximum absolute atomic E-state index is 12.6. The molecule has 37 heavy (non-hydrogen) atoms. The van der Waals surface area contributed by atoms with Crippen LogP contribution in [0.25, 0.3) is 0 Å². The highest BCUT2D eigenvalue weighted by molar-refractivity contribution is 7.95. The molecule has 0 saturated carbocycles. The minimum absolute atomic E-state index is 0.298. The van der Waals surface area contributed by atoms with E-state index < -0.39 is 12.2 Å². The molecule has 0 N–H and O–H groups in total. The van der Waals surface area contributed by atoms with Crippen molar-refractivity contribution in [3.8, 4) is 34.5 Å². The van der Waals surface area contributed by atoms with Crippen molar-refractivity contribution in [2.24, 2.45) is 0 Å². The number of hydrogen-bond donors (Lipinski definition) is 0. The molecule has 4 aromatic carbocycles. The molecule has 0 saturated heterocycles. The Hall–Kier alpha value is -4.63. The number of hydrogen-bond acceptors (Lipinski definition) is 7. The third kappa shape index (κ3) is 7.68. The van der Waals surface area contributed by atoms with E-state index in [0.29, 0.717) is 34.5 Å². The lowest BCUT2D eigenvalue weighted by molar-refractivity contribution is 0.181. The summed E-state index contributed by atoms with van der Waals surface area (Å²) in [5, 5.41) is 0. The highest BCUT2D eigenvalue weighted by atomic mass is 32.2. The van der Waals surface area contributed by atoms with Gasteiger partial charge < -0.3 is 18.9 Å². The summed E-state index contributed by atoms with van der Waals surface area (Å²) in [6.45, 7) is 0. The number of amides is 2. The number of carbonyl (C=O) groups is 2. The van der Waals surface area contributed by atoms with Crippen LogP contribution < -0.4 is 18.9 Å². The monoisotopic (exact) mass is 516 g/mol. The Morgan fingerprint density at radius 3 is 1.27 bits per heavy atom. The first-order valence-corrected chi connectivity index (χ1v) is 11.9. The van der Waals surface area contributed by atoms with Crippen LogP contribution in [-0.2, 0) is 0 Å². The van der Waals surface area contributed by atoms with Crippen molar-refractivity contribution >= 4 is 24.3 Å². The van der Waals surface area contributed by atoms with Gasteiger partial charge in [0.15, 0.2) is 0 Å². The van der Waals surface area contributed by atoms with Gasteiger partial charge in [-0.3, -0.25) is 0 Å². The second-order valence-corrected chi connectivity index (χ2v) is 8.85. The lowest BCUT2D eigenvalue weighted by Gasteiger charge is -2.21. The summed E-state index contributed by atoms with van der Waals surface area (Å²) in [6, 6.07) is 32.0. The van der Waals surface area contributed by atoms with Crippen molar-refractivity contribution in [3.05, 3.63) is 109 Å². The third-order valence-electron chi connectivity index (χ3n) is 4.74. The quantitative estimate of drug-likeness (QED) is 0.226. The van der Waals surface area contributed by atoms with E-state index in [9.17, 15) is 9.59 Å². The Labute approximate surface area is 219 Å². The molecule has 0 heterocycles. The van der Waals surface area contributed by atoms with E-state index in [1.165, 1.54) is 22.7 Å². The van der Waals surface area contributed by atoms with Crippen LogP contribution in [0.3, 0.4) is 0 Å². The van der Waals surface area contributed by atoms with Crippen molar-refractivity contribution in [1.29, 1.82) is 0 Å². The zero-order valence-electron chi connectivity index (χ0n) is 20.1. The van der Waals surface area contributed by atoms with Gasteiger partial charge in [0, 0.05) is 26.2 Å². The zero-order chi connectivity index (χ0) is 26.0. The van der Waals surface area contributed by atoms with Crippen molar-refractivity contribution in [3.63, 3.8) is 0 Å². The summed E-state index contributed by atoms with van der Waals surface area (Å²) < 4.78 is 24.7. The number of carbonyl (C=O) groups excluding carboxylic acids is 2. The fraction of sp³-hybridized carbons (Fsp3) is 0.0714. The van der Waals surface area contributed by atoms with Gasteiger partial charge in [-0.25, -0.2) is 18.2 Å². The first kappa shape index (κ1) is 25.5. The second-order valence-electron chi connectivity index (χ2n) is 7.59. The molecule has 0 atom stereocenters. The molecule has 0 aliphatic carbocycles. The van der Waals surface area contributed by atoms with E-state index in [1.54, 1.807) is 48.5 Å². The highest BCUT2D eigenvalue weighted by Gasteiger charge is 2.20. The minimum Gasteiger partial charge on any atom is -0.457 e. The first-order valence-electron chi connectivity index (χ1n) is 11.2. The molecule has 188 valence electrons. The third-order valence-corrected chi connectivity index (χ3v) is 5.53. The van der Waals surface area contributed by atoms with Crippen LogP contribution in [0.1, 0.15) is 0 Å². The van der Waals surface area contributed by atoms with E-state index in [0.717, 1.165) is 12.1 Å². The van der Waals surface area contributed by atoms with E-state index in [4.69, 9.17) is 18.9 Å². The van der Waals surface area contributed by atoms with Crippen LogP contribution in [0, 0.1) is 0 Å². The van der Waals surface area contributed by atoms with Gasteiger partial charge in [0.05, 0.1) is 12.1 Å². The first-order chi connectivity index (χ1) is 18.0. The number of benzene rings is 4. The predicted molar refractivity (Wildman–Crippen MR) is 141 cm³/mol. The van der Waals surface area contributed by atoms with E-state index in [1.807, 2.05) is 60.7 Å². The summed E-state index contributed by atoms with van der Waals surface area (Å²) in [5.41, 5.74) is 0. The average Bonchev–Trinajstić information content (AvgIpc) is 2.90.